The number of nitrogens with zero attached hydrogens (tertiary/aromatic N) is 3. The summed E-state index contributed by atoms with van der Waals surface area (Å²) in [5.74, 6) is 0. The number of benzene rings is 9. The van der Waals surface area contributed by atoms with E-state index in [1.165, 1.54) is 35.1 Å². The van der Waals surface area contributed by atoms with Gasteiger partial charge in [0.05, 0.1) is 5.69 Å². The van der Waals surface area contributed by atoms with E-state index in [9.17, 15) is 0 Å². The minimum atomic E-state index is -0.376. The first-order chi connectivity index (χ1) is 38.6. The second-order valence-electron chi connectivity index (χ2n) is 23.9. The summed E-state index contributed by atoms with van der Waals surface area (Å²) in [5, 5.41) is 5.43. The molecule has 9 aromatic carbocycles. The molecule has 0 atom stereocenters. The van der Waals surface area contributed by atoms with Crippen LogP contribution in [0.1, 0.15) is 102 Å². The van der Waals surface area contributed by atoms with Gasteiger partial charge in [0.15, 0.2) is 0 Å². The van der Waals surface area contributed by atoms with Gasteiger partial charge in [-0.15, -0.1) is 0 Å². The molecule has 79 heavy (non-hydrogen) atoms. The Labute approximate surface area is 463 Å². The molecule has 0 spiro atoms. The van der Waals surface area contributed by atoms with Crippen molar-refractivity contribution in [2.75, 3.05) is 14.6 Å². The lowest BCUT2D eigenvalue weighted by molar-refractivity contribution is 0.332. The van der Waals surface area contributed by atoms with Gasteiger partial charge in [0.2, 0.25) is 0 Å². The topological polar surface area (TPSA) is 49.1 Å². The lowest BCUT2D eigenvalue weighted by atomic mass is 9.45. The van der Waals surface area contributed by atoms with Crippen LogP contribution in [0.4, 0.5) is 45.5 Å². The predicted molar refractivity (Wildman–Crippen MR) is 332 cm³/mol. The maximum absolute atomic E-state index is 7.66. The highest BCUT2D eigenvalue weighted by Crippen LogP contribution is 2.55. The maximum Gasteiger partial charge on any atom is 0.376 e. The fourth-order valence-electron chi connectivity index (χ4n) is 13.7. The number of para-hydroxylation sites is 3. The summed E-state index contributed by atoms with van der Waals surface area (Å²) in [6.45, 7) is 13.8. The van der Waals surface area contributed by atoms with Gasteiger partial charge in [0.25, 0.3) is 0 Å². The van der Waals surface area contributed by atoms with Crippen LogP contribution >= 0.6 is 0 Å². The van der Waals surface area contributed by atoms with Crippen molar-refractivity contribution in [1.82, 2.24) is 0 Å². The van der Waals surface area contributed by atoms with Crippen LogP contribution in [-0.2, 0) is 23.7 Å². The van der Waals surface area contributed by atoms with Crippen LogP contribution in [0, 0.1) is 0 Å². The van der Waals surface area contributed by atoms with Crippen molar-refractivity contribution in [2.24, 2.45) is 0 Å². The van der Waals surface area contributed by atoms with Crippen LogP contribution in [0.25, 0.3) is 66.0 Å². The normalized spacial score (nSPS) is 15.0. The summed E-state index contributed by atoms with van der Waals surface area (Å²) in [6, 6.07) is 67.2. The molecule has 3 aliphatic rings. The molecule has 0 unspecified atom stereocenters. The van der Waals surface area contributed by atoms with Crippen molar-refractivity contribution in [2.45, 2.75) is 104 Å². The quantitative estimate of drug-likeness (QED) is 0.120. The van der Waals surface area contributed by atoms with Crippen molar-refractivity contribution in [1.29, 1.82) is 0 Å². The van der Waals surface area contributed by atoms with Crippen LogP contribution in [0.2, 0.25) is 0 Å². The van der Waals surface area contributed by atoms with Gasteiger partial charge in [0.1, 0.15) is 33.6 Å². The molecule has 0 fully saturated rings. The molecule has 388 valence electrons. The Kier molecular flexibility index (Phi) is 10.9. The number of anilines is 8. The van der Waals surface area contributed by atoms with E-state index in [1.54, 1.807) is 0 Å². The monoisotopic (exact) mass is 1030 g/mol. The van der Waals surface area contributed by atoms with Crippen molar-refractivity contribution in [3.05, 3.63) is 204 Å². The Morgan fingerprint density at radius 2 is 1.09 bits per heavy atom. The van der Waals surface area contributed by atoms with Gasteiger partial charge < -0.3 is 27.9 Å². The molecule has 7 heteroatoms. The minimum absolute atomic E-state index is 0.0000748. The van der Waals surface area contributed by atoms with E-state index in [1.807, 2.05) is 0 Å². The number of hydrogen-bond acceptors (Lipinski definition) is 6. The Bertz CT molecular complexity index is 4360. The standard InChI is InChI=1S/C72H64BN3O3/c1-7-9-19-45-27-31-48(32-28-45)74(47-21-13-11-14-22-47)51-35-36-53-54-40-56-60(44-65(54)77-63(53)39-51)76(50-23-15-12-16-24-50)73-67-61(42-55-52-25-17-18-26-62(52)78-69(55)66(56)67)75(49-33-29-46(30-34-49)20-10-8-2)68-57-41-58-59(43-64(57)79-70(68)73)72(5,6)38-37-71(58,3)4/h11-18,21-36,39-44H,7-10,19-20,37-38H2,1-6H3. The molecule has 15 rings (SSSR count). The summed E-state index contributed by atoms with van der Waals surface area (Å²) < 4.78 is 22.0. The van der Waals surface area contributed by atoms with Gasteiger partial charge in [-0.05, 0) is 168 Å². The van der Waals surface area contributed by atoms with Crippen LogP contribution in [-0.4, -0.2) is 6.85 Å². The summed E-state index contributed by atoms with van der Waals surface area (Å²) in [4.78, 5) is 7.39. The summed E-state index contributed by atoms with van der Waals surface area (Å²) in [6.07, 6.45) is 9.04. The molecule has 2 aliphatic heterocycles. The molecule has 0 saturated heterocycles. The van der Waals surface area contributed by atoms with E-state index in [2.05, 4.69) is 238 Å². The molecule has 0 radical (unpaired) electrons. The molecule has 1 aliphatic carbocycles. The number of aryl methyl sites for hydroxylation is 2. The average Bonchev–Trinajstić information content (AvgIpc) is 2.66. The number of furan rings is 3. The van der Waals surface area contributed by atoms with Gasteiger partial charge in [-0.3, -0.25) is 0 Å². The Hall–Kier alpha value is -8.42. The highest BCUT2D eigenvalue weighted by molar-refractivity contribution is 6.93. The van der Waals surface area contributed by atoms with Gasteiger partial charge in [0, 0.05) is 90.0 Å². The van der Waals surface area contributed by atoms with Crippen molar-refractivity contribution >= 4 is 118 Å². The zero-order valence-corrected chi connectivity index (χ0v) is 46.1. The van der Waals surface area contributed by atoms with Crippen molar-refractivity contribution in [3.8, 4) is 11.1 Å². The smallest absolute Gasteiger partial charge is 0.376 e. The highest BCUT2D eigenvalue weighted by Gasteiger charge is 2.50. The molecule has 12 aromatic rings. The fraction of sp³-hybridized carbons (Fsp3) is 0.222. The first-order valence-corrected chi connectivity index (χ1v) is 28.8. The third-order valence-corrected chi connectivity index (χ3v) is 18.0. The molecular weight excluding hydrogens is 966 g/mol. The number of hydrogen-bond donors (Lipinski definition) is 0. The van der Waals surface area contributed by atoms with Crippen molar-refractivity contribution < 1.29 is 13.3 Å². The maximum atomic E-state index is 7.66. The molecule has 3 aromatic heterocycles. The number of unbranched alkanes of at least 4 members (excludes halogenated alkanes) is 2. The Morgan fingerprint density at radius 1 is 0.481 bits per heavy atom. The van der Waals surface area contributed by atoms with Crippen molar-refractivity contribution in [3.63, 3.8) is 0 Å². The van der Waals surface area contributed by atoms with Crippen LogP contribution < -0.4 is 25.7 Å². The van der Waals surface area contributed by atoms with E-state index in [0.717, 1.165) is 161 Å². The van der Waals surface area contributed by atoms with E-state index in [0.29, 0.717) is 0 Å². The summed E-state index contributed by atoms with van der Waals surface area (Å²) in [5.41, 5.74) is 22.7. The molecule has 6 nitrogen and oxygen atoms in total. The SMILES string of the molecule is CCCCc1ccc(N(c2ccccc2)c2ccc3c(c2)oc2cc4c(cc23)-c2c3c(cc5c2oc2ccccc25)N(c2ccc(CCCC)cc2)c2c(oc5cc6c(cc25)C(C)(C)CCC6(C)C)B3N4c2ccccc2)cc1. The molecule has 5 heterocycles. The second kappa shape index (κ2) is 18.1. The average molecular weight is 1030 g/mol. The van der Waals surface area contributed by atoms with E-state index < -0.39 is 0 Å². The molecule has 0 N–H and O–H groups in total. The molecule has 0 bridgehead atoms. The third-order valence-electron chi connectivity index (χ3n) is 18.0. The lowest BCUT2D eigenvalue weighted by Gasteiger charge is -2.44. The highest BCUT2D eigenvalue weighted by atomic mass is 16.3. The van der Waals surface area contributed by atoms with Gasteiger partial charge >= 0.3 is 6.85 Å². The Morgan fingerprint density at radius 3 is 1.81 bits per heavy atom. The fourth-order valence-corrected chi connectivity index (χ4v) is 13.7. The molecule has 0 amide bonds. The van der Waals surface area contributed by atoms with Gasteiger partial charge in [-0.25, -0.2) is 0 Å². The molecule has 0 saturated carbocycles. The van der Waals surface area contributed by atoms with Gasteiger partial charge in [-0.1, -0.05) is 133 Å². The summed E-state index contributed by atoms with van der Waals surface area (Å²) >= 11 is 0. The van der Waals surface area contributed by atoms with E-state index in [4.69, 9.17) is 13.3 Å². The van der Waals surface area contributed by atoms with Crippen LogP contribution in [0.15, 0.2) is 195 Å². The second-order valence-corrected chi connectivity index (χ2v) is 23.9. The zero-order chi connectivity index (χ0) is 53.3. The number of rotatable bonds is 11. The largest absolute Gasteiger partial charge is 0.466 e. The summed E-state index contributed by atoms with van der Waals surface area (Å²) in [7, 11) is 0. The number of fused-ring (bicyclic) bond motifs is 14. The third kappa shape index (κ3) is 7.45. The van der Waals surface area contributed by atoms with E-state index in [-0.39, 0.29) is 17.7 Å². The van der Waals surface area contributed by atoms with E-state index >= 15 is 0 Å². The zero-order valence-electron chi connectivity index (χ0n) is 46.1. The van der Waals surface area contributed by atoms with Crippen LogP contribution in [0.5, 0.6) is 0 Å². The Balaban J connectivity index is 1.01. The first-order valence-electron chi connectivity index (χ1n) is 28.8. The minimum Gasteiger partial charge on any atom is -0.466 e. The first kappa shape index (κ1) is 47.8. The van der Waals surface area contributed by atoms with Gasteiger partial charge in [-0.2, -0.15) is 0 Å². The lowest BCUT2D eigenvalue weighted by Crippen LogP contribution is -2.61. The molecular formula is C72H64BN3O3. The predicted octanol–water partition coefficient (Wildman–Crippen LogP) is 19.4. The van der Waals surface area contributed by atoms with Crippen LogP contribution in [0.3, 0.4) is 0 Å².